The quantitative estimate of drug-likeness (QED) is 0.854. The lowest BCUT2D eigenvalue weighted by molar-refractivity contribution is 0.0698. The van der Waals surface area contributed by atoms with Gasteiger partial charge in [0, 0.05) is 34.7 Å². The molecule has 0 spiro atoms. The second kappa shape index (κ2) is 5.93. The summed E-state index contributed by atoms with van der Waals surface area (Å²) in [6.07, 6.45) is 3.07. The molecule has 1 aliphatic heterocycles. The number of benzene rings is 1. The first-order valence-corrected chi connectivity index (χ1v) is 8.13. The van der Waals surface area contributed by atoms with Crippen molar-refractivity contribution in [3.8, 4) is 11.3 Å². The molecule has 0 radical (unpaired) electrons. The fourth-order valence-electron chi connectivity index (χ4n) is 2.52. The Hall–Kier alpha value is -1.75. The highest BCUT2D eigenvalue weighted by atomic mass is 32.2. The summed E-state index contributed by atoms with van der Waals surface area (Å²) in [5.41, 5.74) is 1.66. The van der Waals surface area contributed by atoms with Gasteiger partial charge in [-0.05, 0) is 19.1 Å². The van der Waals surface area contributed by atoms with E-state index in [0.717, 1.165) is 23.4 Å². The molecule has 21 heavy (non-hydrogen) atoms. The van der Waals surface area contributed by atoms with E-state index in [1.807, 2.05) is 40.9 Å². The lowest BCUT2D eigenvalue weighted by Crippen LogP contribution is -2.47. The van der Waals surface area contributed by atoms with Gasteiger partial charge < -0.3 is 9.32 Å². The molecule has 1 aliphatic rings. The number of rotatable bonds is 2. The van der Waals surface area contributed by atoms with E-state index in [9.17, 15) is 4.79 Å². The Bertz CT molecular complexity index is 610. The van der Waals surface area contributed by atoms with Crippen LogP contribution in [0.25, 0.3) is 11.3 Å². The van der Waals surface area contributed by atoms with Gasteiger partial charge in [0.25, 0.3) is 5.91 Å². The highest BCUT2D eigenvalue weighted by Crippen LogP contribution is 2.26. The third-order valence-corrected chi connectivity index (χ3v) is 5.33. The molecule has 1 amide bonds. The van der Waals surface area contributed by atoms with E-state index in [2.05, 4.69) is 18.8 Å². The highest BCUT2D eigenvalue weighted by Gasteiger charge is 2.29. The number of hydrogen-bond acceptors (Lipinski definition) is 4. The highest BCUT2D eigenvalue weighted by molar-refractivity contribution is 8.00. The number of amides is 1. The average Bonchev–Trinajstić information content (AvgIpc) is 3.04. The van der Waals surface area contributed by atoms with E-state index in [4.69, 9.17) is 4.42 Å². The van der Waals surface area contributed by atoms with Gasteiger partial charge in [0.2, 0.25) is 0 Å². The fourth-order valence-corrected chi connectivity index (χ4v) is 3.62. The molecule has 1 aromatic heterocycles. The monoisotopic (exact) mass is 302 g/mol. The minimum Gasteiger partial charge on any atom is -0.444 e. The van der Waals surface area contributed by atoms with E-state index in [-0.39, 0.29) is 11.9 Å². The summed E-state index contributed by atoms with van der Waals surface area (Å²) in [5, 5.41) is 0.483. The molecule has 1 saturated heterocycles. The van der Waals surface area contributed by atoms with E-state index in [0.29, 0.717) is 11.0 Å². The summed E-state index contributed by atoms with van der Waals surface area (Å²) in [4.78, 5) is 18.5. The zero-order valence-electron chi connectivity index (χ0n) is 12.2. The van der Waals surface area contributed by atoms with Crippen LogP contribution in [0, 0.1) is 0 Å². The van der Waals surface area contributed by atoms with Crippen LogP contribution in [0.1, 0.15) is 24.2 Å². The Kier molecular flexibility index (Phi) is 4.01. The number of nitrogens with zero attached hydrogens (tertiary/aromatic N) is 2. The number of hydrogen-bond donors (Lipinski definition) is 0. The lowest BCUT2D eigenvalue weighted by atomic mass is 10.1. The van der Waals surface area contributed by atoms with Crippen LogP contribution in [-0.4, -0.2) is 39.4 Å². The zero-order valence-corrected chi connectivity index (χ0v) is 13.0. The van der Waals surface area contributed by atoms with Gasteiger partial charge in [0.1, 0.15) is 0 Å². The summed E-state index contributed by atoms with van der Waals surface area (Å²) in [7, 11) is 0. The number of aromatic nitrogens is 1. The van der Waals surface area contributed by atoms with Crippen molar-refractivity contribution in [3.63, 3.8) is 0 Å². The number of carbonyl (C=O) groups is 1. The number of oxazole rings is 1. The molecule has 2 aromatic rings. The van der Waals surface area contributed by atoms with Crippen LogP contribution in [0.5, 0.6) is 0 Å². The van der Waals surface area contributed by atoms with Gasteiger partial charge in [-0.25, -0.2) is 4.98 Å². The average molecular weight is 302 g/mol. The minimum absolute atomic E-state index is 0.110. The summed E-state index contributed by atoms with van der Waals surface area (Å²) in [6, 6.07) is 7.80. The van der Waals surface area contributed by atoms with Gasteiger partial charge in [0.05, 0.1) is 6.20 Å². The molecule has 0 saturated carbocycles. The van der Waals surface area contributed by atoms with Crippen molar-refractivity contribution in [3.05, 3.63) is 42.4 Å². The van der Waals surface area contributed by atoms with Crippen LogP contribution in [0.4, 0.5) is 0 Å². The van der Waals surface area contributed by atoms with Gasteiger partial charge in [0.15, 0.2) is 12.2 Å². The Labute approximate surface area is 128 Å². The van der Waals surface area contributed by atoms with Crippen LogP contribution >= 0.6 is 11.8 Å². The first kappa shape index (κ1) is 14.2. The molecule has 2 atom stereocenters. The smallest absolute Gasteiger partial charge is 0.254 e. The third-order valence-electron chi connectivity index (χ3n) is 3.99. The van der Waals surface area contributed by atoms with E-state index in [1.165, 1.54) is 6.39 Å². The van der Waals surface area contributed by atoms with Gasteiger partial charge in [-0.15, -0.1) is 0 Å². The van der Waals surface area contributed by atoms with E-state index in [1.54, 1.807) is 6.20 Å². The molecule has 4 nitrogen and oxygen atoms in total. The molecular formula is C16H18N2O2S. The largest absolute Gasteiger partial charge is 0.444 e. The molecule has 5 heteroatoms. The van der Waals surface area contributed by atoms with Crippen LogP contribution in [0.3, 0.4) is 0 Å². The molecule has 0 bridgehead atoms. The van der Waals surface area contributed by atoms with Crippen molar-refractivity contribution in [2.45, 2.75) is 25.1 Å². The summed E-state index contributed by atoms with van der Waals surface area (Å²) in [5.74, 6) is 1.83. The number of carbonyl (C=O) groups excluding carboxylic acids is 1. The van der Waals surface area contributed by atoms with E-state index < -0.39 is 0 Å². The summed E-state index contributed by atoms with van der Waals surface area (Å²) >= 11 is 1.93. The normalized spacial score (nSPS) is 22.3. The third kappa shape index (κ3) is 2.83. The predicted molar refractivity (Wildman–Crippen MR) is 84.4 cm³/mol. The molecule has 0 aliphatic carbocycles. The standard InChI is InChI=1S/C16H18N2O2S/c1-11-12(2)21-8-7-18(11)16(19)14-5-3-13(4-6-14)15-9-17-10-20-15/h3-6,9-12H,7-8H2,1-2H3. The Morgan fingerprint density at radius 3 is 2.76 bits per heavy atom. The first-order chi connectivity index (χ1) is 10.2. The molecule has 3 rings (SSSR count). The van der Waals surface area contributed by atoms with Gasteiger partial charge in [-0.1, -0.05) is 19.1 Å². The van der Waals surface area contributed by atoms with Gasteiger partial charge in [-0.3, -0.25) is 4.79 Å². The molecular weight excluding hydrogens is 284 g/mol. The Morgan fingerprint density at radius 2 is 2.10 bits per heavy atom. The molecule has 0 N–H and O–H groups in total. The van der Waals surface area contributed by atoms with Crippen LogP contribution in [0.2, 0.25) is 0 Å². The maximum atomic E-state index is 12.6. The van der Waals surface area contributed by atoms with Gasteiger partial charge >= 0.3 is 0 Å². The van der Waals surface area contributed by atoms with Crippen LogP contribution in [0.15, 0.2) is 41.3 Å². The fraction of sp³-hybridized carbons (Fsp3) is 0.375. The van der Waals surface area contributed by atoms with E-state index >= 15 is 0 Å². The lowest BCUT2D eigenvalue weighted by Gasteiger charge is -2.37. The molecule has 2 heterocycles. The predicted octanol–water partition coefficient (Wildman–Crippen LogP) is 3.31. The summed E-state index contributed by atoms with van der Waals surface area (Å²) < 4.78 is 5.26. The van der Waals surface area contributed by atoms with Crippen molar-refractivity contribution >= 4 is 17.7 Å². The van der Waals surface area contributed by atoms with Crippen LogP contribution in [-0.2, 0) is 0 Å². The second-order valence-corrected chi connectivity index (χ2v) is 6.74. The van der Waals surface area contributed by atoms with Crippen molar-refractivity contribution in [1.82, 2.24) is 9.88 Å². The Balaban J connectivity index is 1.79. The maximum Gasteiger partial charge on any atom is 0.254 e. The molecule has 110 valence electrons. The number of thioether (sulfide) groups is 1. The SMILES string of the molecule is CC1SCCN(C(=O)c2ccc(-c3cnco3)cc2)C1C. The Morgan fingerprint density at radius 1 is 1.33 bits per heavy atom. The molecule has 1 fully saturated rings. The van der Waals surface area contributed by atoms with Crippen LogP contribution < -0.4 is 0 Å². The molecule has 1 aromatic carbocycles. The first-order valence-electron chi connectivity index (χ1n) is 7.08. The topological polar surface area (TPSA) is 46.3 Å². The summed E-state index contributed by atoms with van der Waals surface area (Å²) in [6.45, 7) is 5.12. The van der Waals surface area contributed by atoms with Crippen molar-refractivity contribution in [2.24, 2.45) is 0 Å². The van der Waals surface area contributed by atoms with Gasteiger partial charge in [-0.2, -0.15) is 11.8 Å². The van der Waals surface area contributed by atoms with Crippen molar-refractivity contribution in [2.75, 3.05) is 12.3 Å². The second-order valence-electron chi connectivity index (χ2n) is 5.26. The maximum absolute atomic E-state index is 12.6. The minimum atomic E-state index is 0.110. The zero-order chi connectivity index (χ0) is 14.8. The van der Waals surface area contributed by atoms with Crippen molar-refractivity contribution in [1.29, 1.82) is 0 Å². The van der Waals surface area contributed by atoms with Crippen molar-refractivity contribution < 1.29 is 9.21 Å². The molecule has 2 unspecified atom stereocenters.